The Morgan fingerprint density at radius 2 is 2.06 bits per heavy atom. The molecule has 1 aromatic rings. The van der Waals surface area contributed by atoms with Gasteiger partial charge in [0.05, 0.1) is 5.56 Å². The first kappa shape index (κ1) is 13.3. The van der Waals surface area contributed by atoms with E-state index in [-0.39, 0.29) is 0 Å². The molecule has 94 valence electrons. The highest BCUT2D eigenvalue weighted by Crippen LogP contribution is 2.27. The third-order valence-corrected chi connectivity index (χ3v) is 2.00. The molecular weight excluding hydrogens is 237 g/mol. The number of hydrogen-bond donors (Lipinski definition) is 1. The minimum absolute atomic E-state index is 0.354. The van der Waals surface area contributed by atoms with E-state index in [4.69, 9.17) is 0 Å². The molecule has 0 saturated heterocycles. The van der Waals surface area contributed by atoms with Crippen molar-refractivity contribution in [3.63, 3.8) is 0 Å². The second kappa shape index (κ2) is 5.03. The Balaban J connectivity index is 2.99. The lowest BCUT2D eigenvalue weighted by molar-refractivity contribution is -0.138. The van der Waals surface area contributed by atoms with Gasteiger partial charge in [-0.15, -0.1) is 0 Å². The Kier molecular flexibility index (Phi) is 3.93. The molecule has 0 atom stereocenters. The van der Waals surface area contributed by atoms with Crippen LogP contribution in [0.1, 0.15) is 12.5 Å². The van der Waals surface area contributed by atoms with E-state index in [9.17, 15) is 22.8 Å². The number of carbonyl (C=O) groups is 1. The number of hydrogen-bond acceptors (Lipinski definition) is 2. The number of nitrogens with one attached hydrogen (secondary N) is 1. The van der Waals surface area contributed by atoms with Crippen LogP contribution in [0.15, 0.2) is 23.1 Å². The lowest BCUT2D eigenvalue weighted by Crippen LogP contribution is -2.32. The molecule has 0 aliphatic heterocycles. The second-order valence-electron chi connectivity index (χ2n) is 3.34. The van der Waals surface area contributed by atoms with E-state index in [0.29, 0.717) is 18.8 Å². The fourth-order valence-corrected chi connectivity index (χ4v) is 1.23. The normalized spacial score (nSPS) is 11.3. The molecule has 1 aromatic heterocycles. The predicted octanol–water partition coefficient (Wildman–Crippen LogP) is 1.00. The van der Waals surface area contributed by atoms with Gasteiger partial charge in [0.15, 0.2) is 0 Å². The van der Waals surface area contributed by atoms with Crippen LogP contribution in [0.2, 0.25) is 0 Å². The van der Waals surface area contributed by atoms with Crippen LogP contribution in [0.25, 0.3) is 0 Å². The smallest absolute Gasteiger partial charge is 0.355 e. The van der Waals surface area contributed by atoms with Crippen molar-refractivity contribution in [2.45, 2.75) is 19.6 Å². The molecule has 1 rings (SSSR count). The molecule has 0 unspecified atom stereocenters. The summed E-state index contributed by atoms with van der Waals surface area (Å²) in [6, 6.07) is 1.48. The fraction of sp³-hybridized carbons (Fsp3) is 0.400. The van der Waals surface area contributed by atoms with Crippen molar-refractivity contribution >= 4 is 5.91 Å². The first-order valence-corrected chi connectivity index (χ1v) is 4.89. The van der Waals surface area contributed by atoms with Crippen LogP contribution in [-0.2, 0) is 17.5 Å². The van der Waals surface area contributed by atoms with Gasteiger partial charge in [-0.2, -0.15) is 13.2 Å². The number of nitrogens with zero attached hydrogens (tertiary/aromatic N) is 1. The Morgan fingerprint density at radius 1 is 1.41 bits per heavy atom. The summed E-state index contributed by atoms with van der Waals surface area (Å²) in [5.74, 6) is -0.506. The third kappa shape index (κ3) is 3.61. The van der Waals surface area contributed by atoms with E-state index in [1.54, 1.807) is 6.92 Å². The van der Waals surface area contributed by atoms with E-state index < -0.39 is 29.8 Å². The molecule has 17 heavy (non-hydrogen) atoms. The summed E-state index contributed by atoms with van der Waals surface area (Å²) in [5, 5.41) is 2.40. The number of aromatic nitrogens is 1. The van der Waals surface area contributed by atoms with Gasteiger partial charge in [-0.05, 0) is 13.0 Å². The summed E-state index contributed by atoms with van der Waals surface area (Å²) in [5.41, 5.74) is -1.61. The van der Waals surface area contributed by atoms with Crippen molar-refractivity contribution in [1.29, 1.82) is 0 Å². The second-order valence-corrected chi connectivity index (χ2v) is 3.34. The van der Waals surface area contributed by atoms with Crippen molar-refractivity contribution in [3.8, 4) is 0 Å². The van der Waals surface area contributed by atoms with Crippen molar-refractivity contribution in [2.75, 3.05) is 6.54 Å². The van der Waals surface area contributed by atoms with Gasteiger partial charge in [0, 0.05) is 18.8 Å². The van der Waals surface area contributed by atoms with E-state index in [1.807, 2.05) is 0 Å². The minimum atomic E-state index is -4.53. The number of amides is 1. The van der Waals surface area contributed by atoms with Gasteiger partial charge in [-0.25, -0.2) is 0 Å². The zero-order valence-corrected chi connectivity index (χ0v) is 9.04. The maximum absolute atomic E-state index is 12.4. The number of pyridine rings is 1. The number of likely N-dealkylation sites (N-methyl/N-ethyl adjacent to an activating group) is 1. The van der Waals surface area contributed by atoms with Crippen molar-refractivity contribution in [1.82, 2.24) is 9.88 Å². The Bertz CT molecular complexity index is 465. The van der Waals surface area contributed by atoms with E-state index in [1.165, 1.54) is 0 Å². The zero-order valence-electron chi connectivity index (χ0n) is 9.04. The van der Waals surface area contributed by atoms with Crippen LogP contribution in [-0.4, -0.2) is 17.0 Å². The number of alkyl halides is 3. The average molecular weight is 248 g/mol. The number of halogens is 3. The van der Waals surface area contributed by atoms with Crippen LogP contribution >= 0.6 is 0 Å². The third-order valence-electron chi connectivity index (χ3n) is 2.00. The molecule has 0 saturated carbocycles. The topological polar surface area (TPSA) is 51.1 Å². The van der Waals surface area contributed by atoms with Crippen molar-refractivity contribution in [2.24, 2.45) is 0 Å². The highest BCUT2D eigenvalue weighted by atomic mass is 19.4. The molecule has 1 heterocycles. The lowest BCUT2D eigenvalue weighted by Gasteiger charge is -2.10. The molecule has 0 aliphatic carbocycles. The van der Waals surface area contributed by atoms with Crippen LogP contribution in [0.5, 0.6) is 0 Å². The van der Waals surface area contributed by atoms with Crippen molar-refractivity contribution < 1.29 is 18.0 Å². The van der Waals surface area contributed by atoms with Crippen LogP contribution < -0.4 is 10.9 Å². The number of carbonyl (C=O) groups excluding carboxylic acids is 1. The predicted molar refractivity (Wildman–Crippen MR) is 54.4 cm³/mol. The first-order valence-electron chi connectivity index (χ1n) is 4.89. The Morgan fingerprint density at radius 3 is 2.59 bits per heavy atom. The van der Waals surface area contributed by atoms with Gasteiger partial charge < -0.3 is 9.88 Å². The summed E-state index contributed by atoms with van der Waals surface area (Å²) in [6.45, 7) is 1.61. The van der Waals surface area contributed by atoms with Gasteiger partial charge in [0.2, 0.25) is 5.91 Å². The van der Waals surface area contributed by atoms with E-state index in [0.717, 1.165) is 10.6 Å². The molecule has 0 aliphatic rings. The van der Waals surface area contributed by atoms with E-state index in [2.05, 4.69) is 5.32 Å². The molecular formula is C10H11F3N2O2. The monoisotopic (exact) mass is 248 g/mol. The maximum atomic E-state index is 12.4. The van der Waals surface area contributed by atoms with Gasteiger partial charge in [-0.1, -0.05) is 0 Å². The van der Waals surface area contributed by atoms with Crippen molar-refractivity contribution in [3.05, 3.63) is 34.2 Å². The largest absolute Gasteiger partial charge is 0.417 e. The summed E-state index contributed by atoms with van der Waals surface area (Å²) >= 11 is 0. The Labute approximate surface area is 95.1 Å². The van der Waals surface area contributed by atoms with Gasteiger partial charge in [0.1, 0.15) is 6.54 Å². The highest BCUT2D eigenvalue weighted by molar-refractivity contribution is 5.75. The summed E-state index contributed by atoms with van der Waals surface area (Å²) < 4.78 is 37.8. The number of rotatable bonds is 3. The molecule has 0 aromatic carbocycles. The van der Waals surface area contributed by atoms with Crippen LogP contribution in [0.4, 0.5) is 13.2 Å². The minimum Gasteiger partial charge on any atom is -0.355 e. The molecule has 0 fully saturated rings. The van der Waals surface area contributed by atoms with Gasteiger partial charge in [-0.3, -0.25) is 9.59 Å². The molecule has 1 amide bonds. The molecule has 4 nitrogen and oxygen atoms in total. The molecule has 0 bridgehead atoms. The van der Waals surface area contributed by atoms with Crippen LogP contribution in [0, 0.1) is 0 Å². The average Bonchev–Trinajstić information content (AvgIpc) is 2.20. The molecule has 0 radical (unpaired) electrons. The zero-order chi connectivity index (χ0) is 13.1. The van der Waals surface area contributed by atoms with E-state index >= 15 is 0 Å². The summed E-state index contributed by atoms with van der Waals surface area (Å²) in [4.78, 5) is 22.4. The quantitative estimate of drug-likeness (QED) is 0.867. The summed E-state index contributed by atoms with van der Waals surface area (Å²) in [7, 11) is 0. The Hall–Kier alpha value is -1.79. The molecule has 1 N–H and O–H groups in total. The lowest BCUT2D eigenvalue weighted by atomic mass is 10.3. The highest BCUT2D eigenvalue weighted by Gasteiger charge is 2.31. The maximum Gasteiger partial charge on any atom is 0.417 e. The molecule has 0 spiro atoms. The van der Waals surface area contributed by atoms with Gasteiger partial charge in [0.25, 0.3) is 5.56 Å². The molecule has 7 heteroatoms. The first-order chi connectivity index (χ1) is 7.84. The SMILES string of the molecule is CCNC(=O)Cn1cc(C(F)(F)F)ccc1=O. The van der Waals surface area contributed by atoms with Crippen LogP contribution in [0.3, 0.4) is 0 Å². The summed E-state index contributed by atoms with van der Waals surface area (Å²) in [6.07, 6.45) is -3.89. The van der Waals surface area contributed by atoms with Gasteiger partial charge >= 0.3 is 6.18 Å². The fourth-order valence-electron chi connectivity index (χ4n) is 1.23. The standard InChI is InChI=1S/C10H11F3N2O2/c1-2-14-8(16)6-15-5-7(10(11,12)13)3-4-9(15)17/h3-5H,2,6H2,1H3,(H,14,16).